The molecule has 5 heteroatoms. The lowest BCUT2D eigenvalue weighted by atomic mass is 9.94. The van der Waals surface area contributed by atoms with Crippen LogP contribution in [0.15, 0.2) is 40.8 Å². The van der Waals surface area contributed by atoms with Gasteiger partial charge in [-0.3, -0.25) is 4.79 Å². The first kappa shape index (κ1) is 14.8. The normalized spacial score (nSPS) is 24.4. The largest absolute Gasteiger partial charge is 0.451 e. The molecule has 1 fully saturated rings. The zero-order chi connectivity index (χ0) is 15.7. The highest BCUT2D eigenvalue weighted by Crippen LogP contribution is 2.27. The number of halogens is 1. The van der Waals surface area contributed by atoms with E-state index in [0.717, 1.165) is 6.42 Å². The molecule has 0 spiro atoms. The second-order valence-corrected chi connectivity index (χ2v) is 5.78. The number of rotatable bonds is 3. The van der Waals surface area contributed by atoms with Gasteiger partial charge in [-0.15, -0.1) is 0 Å². The van der Waals surface area contributed by atoms with Crippen molar-refractivity contribution in [3.8, 4) is 11.3 Å². The van der Waals surface area contributed by atoms with Gasteiger partial charge in [0, 0.05) is 6.61 Å². The third-order valence-electron chi connectivity index (χ3n) is 4.25. The van der Waals surface area contributed by atoms with Crippen molar-refractivity contribution in [1.82, 2.24) is 5.32 Å². The minimum atomic E-state index is -0.415. The fourth-order valence-corrected chi connectivity index (χ4v) is 2.59. The number of ether oxygens (including phenoxy) is 1. The van der Waals surface area contributed by atoms with Gasteiger partial charge in [0.2, 0.25) is 0 Å². The van der Waals surface area contributed by atoms with Crippen LogP contribution in [0, 0.1) is 5.82 Å². The number of hydrogen-bond acceptors (Lipinski definition) is 3. The van der Waals surface area contributed by atoms with Crippen LogP contribution < -0.4 is 5.32 Å². The highest BCUT2D eigenvalue weighted by molar-refractivity contribution is 5.92. The van der Waals surface area contributed by atoms with E-state index in [1.807, 2.05) is 13.8 Å². The molecule has 116 valence electrons. The molecule has 1 aliphatic heterocycles. The molecular weight excluding hydrogens is 285 g/mol. The number of benzene rings is 1. The molecule has 4 nitrogen and oxygen atoms in total. The Hall–Kier alpha value is -2.14. The van der Waals surface area contributed by atoms with Gasteiger partial charge >= 0.3 is 0 Å². The highest BCUT2D eigenvalue weighted by Gasteiger charge is 2.38. The Morgan fingerprint density at radius 2 is 2.09 bits per heavy atom. The minimum absolute atomic E-state index is 0.0579. The third-order valence-corrected chi connectivity index (χ3v) is 4.25. The fraction of sp³-hybridized carbons (Fsp3) is 0.353. The van der Waals surface area contributed by atoms with E-state index in [0.29, 0.717) is 17.9 Å². The lowest BCUT2D eigenvalue weighted by Crippen LogP contribution is -2.50. The maximum Gasteiger partial charge on any atom is 0.287 e. The average molecular weight is 303 g/mol. The van der Waals surface area contributed by atoms with E-state index in [9.17, 15) is 9.18 Å². The van der Waals surface area contributed by atoms with Crippen molar-refractivity contribution in [1.29, 1.82) is 0 Å². The molecule has 2 heterocycles. The van der Waals surface area contributed by atoms with Crippen LogP contribution in [0.5, 0.6) is 0 Å². The Balaban J connectivity index is 1.79. The van der Waals surface area contributed by atoms with E-state index >= 15 is 0 Å². The van der Waals surface area contributed by atoms with Gasteiger partial charge in [-0.05, 0) is 44.5 Å². The summed E-state index contributed by atoms with van der Waals surface area (Å²) in [4.78, 5) is 12.3. The van der Waals surface area contributed by atoms with Gasteiger partial charge in [0.1, 0.15) is 11.6 Å². The van der Waals surface area contributed by atoms with Gasteiger partial charge in [-0.2, -0.15) is 0 Å². The van der Waals surface area contributed by atoms with E-state index in [1.165, 1.54) is 6.07 Å². The lowest BCUT2D eigenvalue weighted by molar-refractivity contribution is 0.0709. The van der Waals surface area contributed by atoms with Crippen molar-refractivity contribution >= 4 is 5.91 Å². The Morgan fingerprint density at radius 1 is 1.32 bits per heavy atom. The van der Waals surface area contributed by atoms with E-state index < -0.39 is 5.54 Å². The second-order valence-electron chi connectivity index (χ2n) is 5.78. The van der Waals surface area contributed by atoms with E-state index in [-0.39, 0.29) is 23.6 Å². The molecule has 1 aromatic carbocycles. The first-order valence-electron chi connectivity index (χ1n) is 7.28. The molecule has 2 atom stereocenters. The maximum absolute atomic E-state index is 13.7. The van der Waals surface area contributed by atoms with Gasteiger partial charge < -0.3 is 14.5 Å². The van der Waals surface area contributed by atoms with Crippen molar-refractivity contribution in [3.63, 3.8) is 0 Å². The van der Waals surface area contributed by atoms with Crippen LogP contribution in [0.4, 0.5) is 4.39 Å². The van der Waals surface area contributed by atoms with E-state index in [4.69, 9.17) is 9.15 Å². The van der Waals surface area contributed by atoms with Crippen molar-refractivity contribution in [3.05, 3.63) is 48.0 Å². The summed E-state index contributed by atoms with van der Waals surface area (Å²) < 4.78 is 24.8. The van der Waals surface area contributed by atoms with Crippen LogP contribution in [-0.2, 0) is 4.74 Å². The number of carbonyl (C=O) groups is 1. The summed E-state index contributed by atoms with van der Waals surface area (Å²) in [5.74, 6) is -0.196. The van der Waals surface area contributed by atoms with Crippen molar-refractivity contribution in [2.75, 3.05) is 6.61 Å². The summed E-state index contributed by atoms with van der Waals surface area (Å²) in [6.07, 6.45) is 0.693. The lowest BCUT2D eigenvalue weighted by Gasteiger charge is -2.28. The molecule has 22 heavy (non-hydrogen) atoms. The van der Waals surface area contributed by atoms with Crippen LogP contribution in [-0.4, -0.2) is 24.2 Å². The zero-order valence-electron chi connectivity index (χ0n) is 12.6. The maximum atomic E-state index is 13.7. The summed E-state index contributed by atoms with van der Waals surface area (Å²) in [5, 5.41) is 2.95. The molecular formula is C17H18FNO3. The summed E-state index contributed by atoms with van der Waals surface area (Å²) in [7, 11) is 0. The Kier molecular flexibility index (Phi) is 3.74. The van der Waals surface area contributed by atoms with Crippen molar-refractivity contribution in [2.24, 2.45) is 0 Å². The SMILES string of the molecule is CC1OCCC1(C)NC(=O)c1ccc(-c2ccccc2F)o1. The third kappa shape index (κ3) is 2.64. The van der Waals surface area contributed by atoms with Gasteiger partial charge in [-0.25, -0.2) is 4.39 Å². The molecule has 3 rings (SSSR count). The minimum Gasteiger partial charge on any atom is -0.451 e. The molecule has 2 aromatic rings. The predicted octanol–water partition coefficient (Wildman–Crippen LogP) is 3.38. The topological polar surface area (TPSA) is 51.5 Å². The number of nitrogens with one attached hydrogen (secondary N) is 1. The van der Waals surface area contributed by atoms with Gasteiger partial charge in [0.05, 0.1) is 17.2 Å². The molecule has 0 radical (unpaired) electrons. The highest BCUT2D eigenvalue weighted by atomic mass is 19.1. The summed E-state index contributed by atoms with van der Waals surface area (Å²) in [5.41, 5.74) is -0.0764. The van der Waals surface area contributed by atoms with Gasteiger partial charge in [0.25, 0.3) is 5.91 Å². The molecule has 1 aliphatic rings. The number of furan rings is 1. The van der Waals surface area contributed by atoms with Crippen molar-refractivity contribution in [2.45, 2.75) is 31.9 Å². The van der Waals surface area contributed by atoms with Crippen LogP contribution in [0.3, 0.4) is 0 Å². The van der Waals surface area contributed by atoms with Crippen LogP contribution in [0.2, 0.25) is 0 Å². The molecule has 0 saturated carbocycles. The van der Waals surface area contributed by atoms with Crippen LogP contribution in [0.1, 0.15) is 30.8 Å². The molecule has 2 unspecified atom stereocenters. The fourth-order valence-electron chi connectivity index (χ4n) is 2.59. The summed E-state index contributed by atoms with van der Waals surface area (Å²) >= 11 is 0. The van der Waals surface area contributed by atoms with Crippen LogP contribution >= 0.6 is 0 Å². The number of hydrogen-bond donors (Lipinski definition) is 1. The zero-order valence-corrected chi connectivity index (χ0v) is 12.6. The molecule has 1 saturated heterocycles. The average Bonchev–Trinajstić information content (AvgIpc) is 3.08. The first-order valence-corrected chi connectivity index (χ1v) is 7.28. The first-order chi connectivity index (χ1) is 10.5. The van der Waals surface area contributed by atoms with Gasteiger partial charge in [-0.1, -0.05) is 12.1 Å². The Labute approximate surface area is 128 Å². The Morgan fingerprint density at radius 3 is 2.77 bits per heavy atom. The monoisotopic (exact) mass is 303 g/mol. The molecule has 1 aromatic heterocycles. The quantitative estimate of drug-likeness (QED) is 0.945. The smallest absolute Gasteiger partial charge is 0.287 e. The summed E-state index contributed by atoms with van der Waals surface area (Å²) in [6.45, 7) is 4.50. The number of carbonyl (C=O) groups excluding carboxylic acids is 1. The Bertz CT molecular complexity index is 697. The second kappa shape index (κ2) is 5.57. The van der Waals surface area contributed by atoms with E-state index in [2.05, 4.69) is 5.32 Å². The van der Waals surface area contributed by atoms with Crippen LogP contribution in [0.25, 0.3) is 11.3 Å². The van der Waals surface area contributed by atoms with Crippen molar-refractivity contribution < 1.29 is 18.3 Å². The number of amides is 1. The molecule has 0 bridgehead atoms. The summed E-state index contributed by atoms with van der Waals surface area (Å²) in [6, 6.07) is 9.46. The predicted molar refractivity (Wildman–Crippen MR) is 80.0 cm³/mol. The molecule has 1 amide bonds. The van der Waals surface area contributed by atoms with Gasteiger partial charge in [0.15, 0.2) is 5.76 Å². The molecule has 1 N–H and O–H groups in total. The van der Waals surface area contributed by atoms with E-state index in [1.54, 1.807) is 30.3 Å². The standard InChI is InChI=1S/C17H18FNO3/c1-11-17(2,9-10-21-11)19-16(20)15-8-7-14(22-15)12-5-3-4-6-13(12)18/h3-8,11H,9-10H2,1-2H3,(H,19,20). The molecule has 0 aliphatic carbocycles.